The van der Waals surface area contributed by atoms with E-state index in [1.54, 1.807) is 29.2 Å². The van der Waals surface area contributed by atoms with Gasteiger partial charge in [0.15, 0.2) is 0 Å². The third-order valence-electron chi connectivity index (χ3n) is 4.40. The summed E-state index contributed by atoms with van der Waals surface area (Å²) in [5.74, 6) is -0.111. The molecule has 3 rings (SSSR count). The van der Waals surface area contributed by atoms with E-state index in [9.17, 15) is 9.59 Å². The van der Waals surface area contributed by atoms with Crippen molar-refractivity contribution in [2.24, 2.45) is 0 Å². The summed E-state index contributed by atoms with van der Waals surface area (Å²) in [6.45, 7) is 0.604. The van der Waals surface area contributed by atoms with Gasteiger partial charge >= 0.3 is 0 Å². The Morgan fingerprint density at radius 2 is 1.84 bits per heavy atom. The van der Waals surface area contributed by atoms with E-state index in [-0.39, 0.29) is 11.8 Å². The maximum absolute atomic E-state index is 12.5. The highest BCUT2D eigenvalue weighted by atomic mass is 35.5. The normalized spacial score (nSPS) is 16.9. The van der Waals surface area contributed by atoms with Crippen molar-refractivity contribution in [3.63, 3.8) is 0 Å². The number of hydrogen-bond donors (Lipinski definition) is 1. The molecule has 25 heavy (non-hydrogen) atoms. The summed E-state index contributed by atoms with van der Waals surface area (Å²) in [6.07, 6.45) is 2.74. The molecule has 130 valence electrons. The van der Waals surface area contributed by atoms with Gasteiger partial charge in [0.05, 0.1) is 0 Å². The fraction of sp³-hybridized carbons (Fsp3) is 0.300. The number of benzene rings is 2. The van der Waals surface area contributed by atoms with Gasteiger partial charge in [-0.2, -0.15) is 0 Å². The molecule has 0 radical (unpaired) electrons. The van der Waals surface area contributed by atoms with Crippen LogP contribution in [0, 0.1) is 0 Å². The van der Waals surface area contributed by atoms with Gasteiger partial charge in [-0.3, -0.25) is 14.5 Å². The zero-order valence-electron chi connectivity index (χ0n) is 14.0. The van der Waals surface area contributed by atoms with Gasteiger partial charge in [0.1, 0.15) is 6.04 Å². The van der Waals surface area contributed by atoms with Gasteiger partial charge in [-0.05, 0) is 49.1 Å². The summed E-state index contributed by atoms with van der Waals surface area (Å²) < 4.78 is 0. The summed E-state index contributed by atoms with van der Waals surface area (Å²) in [7, 11) is 0. The average molecular weight is 357 g/mol. The maximum Gasteiger partial charge on any atom is 0.243 e. The van der Waals surface area contributed by atoms with Crippen LogP contribution in [-0.4, -0.2) is 24.4 Å². The first kappa shape index (κ1) is 17.5. The highest BCUT2D eigenvalue weighted by Crippen LogP contribution is 2.27. The van der Waals surface area contributed by atoms with Crippen LogP contribution < -0.4 is 10.2 Å². The van der Waals surface area contributed by atoms with Crippen LogP contribution in [0.2, 0.25) is 5.02 Å². The van der Waals surface area contributed by atoms with Crippen LogP contribution in [0.5, 0.6) is 0 Å². The summed E-state index contributed by atoms with van der Waals surface area (Å²) in [6, 6.07) is 16.8. The molecule has 2 aromatic rings. The van der Waals surface area contributed by atoms with Crippen molar-refractivity contribution in [1.82, 2.24) is 5.32 Å². The number of amides is 2. The van der Waals surface area contributed by atoms with Crippen molar-refractivity contribution in [3.8, 4) is 0 Å². The van der Waals surface area contributed by atoms with Gasteiger partial charge in [-0.1, -0.05) is 41.9 Å². The molecule has 2 aromatic carbocycles. The van der Waals surface area contributed by atoms with E-state index in [0.29, 0.717) is 24.4 Å². The smallest absolute Gasteiger partial charge is 0.243 e. The SMILES string of the molecule is O=C(NCCCc1ccccc1)C1CCC(=O)N1c1ccc(Cl)cc1. The molecule has 5 heteroatoms. The van der Waals surface area contributed by atoms with Crippen molar-refractivity contribution in [3.05, 3.63) is 65.2 Å². The van der Waals surface area contributed by atoms with Gasteiger partial charge < -0.3 is 5.32 Å². The van der Waals surface area contributed by atoms with Crippen LogP contribution in [0.15, 0.2) is 54.6 Å². The highest BCUT2D eigenvalue weighted by molar-refractivity contribution is 6.30. The van der Waals surface area contributed by atoms with E-state index in [1.165, 1.54) is 5.56 Å². The molecule has 0 bridgehead atoms. The molecule has 2 amide bonds. The van der Waals surface area contributed by atoms with E-state index < -0.39 is 6.04 Å². The van der Waals surface area contributed by atoms with Crippen LogP contribution >= 0.6 is 11.6 Å². The number of carbonyl (C=O) groups excluding carboxylic acids is 2. The lowest BCUT2D eigenvalue weighted by Gasteiger charge is -2.24. The third-order valence-corrected chi connectivity index (χ3v) is 4.66. The first-order valence-electron chi connectivity index (χ1n) is 8.54. The van der Waals surface area contributed by atoms with Gasteiger partial charge in [-0.25, -0.2) is 0 Å². The lowest BCUT2D eigenvalue weighted by Crippen LogP contribution is -2.45. The monoisotopic (exact) mass is 356 g/mol. The van der Waals surface area contributed by atoms with E-state index in [2.05, 4.69) is 17.4 Å². The Morgan fingerprint density at radius 3 is 2.56 bits per heavy atom. The van der Waals surface area contributed by atoms with E-state index in [4.69, 9.17) is 11.6 Å². The molecule has 1 heterocycles. The average Bonchev–Trinajstić information content (AvgIpc) is 3.02. The topological polar surface area (TPSA) is 49.4 Å². The quantitative estimate of drug-likeness (QED) is 0.804. The van der Waals surface area contributed by atoms with E-state index in [1.807, 2.05) is 18.2 Å². The molecule has 1 N–H and O–H groups in total. The van der Waals surface area contributed by atoms with Crippen molar-refractivity contribution < 1.29 is 9.59 Å². The number of nitrogens with zero attached hydrogens (tertiary/aromatic N) is 1. The van der Waals surface area contributed by atoms with Crippen LogP contribution in [0.25, 0.3) is 0 Å². The number of aryl methyl sites for hydroxylation is 1. The first-order valence-corrected chi connectivity index (χ1v) is 8.92. The first-order chi connectivity index (χ1) is 12.1. The second kappa shape index (κ2) is 8.17. The molecule has 1 saturated heterocycles. The fourth-order valence-electron chi connectivity index (χ4n) is 3.12. The molecule has 0 aromatic heterocycles. The van der Waals surface area contributed by atoms with Crippen LogP contribution in [0.3, 0.4) is 0 Å². The van der Waals surface area contributed by atoms with Crippen LogP contribution in [0.1, 0.15) is 24.8 Å². The summed E-state index contributed by atoms with van der Waals surface area (Å²) in [4.78, 5) is 26.3. The molecule has 0 saturated carbocycles. The molecule has 1 unspecified atom stereocenters. The predicted molar refractivity (Wildman–Crippen MR) is 99.7 cm³/mol. The molecule has 0 spiro atoms. The largest absolute Gasteiger partial charge is 0.354 e. The zero-order valence-corrected chi connectivity index (χ0v) is 14.7. The Hall–Kier alpha value is -2.33. The Bertz CT molecular complexity index is 731. The fourth-order valence-corrected chi connectivity index (χ4v) is 3.25. The van der Waals surface area contributed by atoms with Crippen molar-refractivity contribution in [1.29, 1.82) is 0 Å². The molecule has 0 aliphatic carbocycles. The van der Waals surface area contributed by atoms with E-state index in [0.717, 1.165) is 18.5 Å². The predicted octanol–water partition coefficient (Wildman–Crippen LogP) is 3.58. The lowest BCUT2D eigenvalue weighted by atomic mass is 10.1. The summed E-state index contributed by atoms with van der Waals surface area (Å²) in [5, 5.41) is 3.58. The number of rotatable bonds is 6. The second-order valence-corrected chi connectivity index (χ2v) is 6.61. The van der Waals surface area contributed by atoms with Crippen molar-refractivity contribution in [2.45, 2.75) is 31.7 Å². The number of anilines is 1. The Labute approximate surface area is 152 Å². The molecule has 4 nitrogen and oxygen atoms in total. The third kappa shape index (κ3) is 4.40. The highest BCUT2D eigenvalue weighted by Gasteiger charge is 2.36. The second-order valence-electron chi connectivity index (χ2n) is 6.17. The van der Waals surface area contributed by atoms with Gasteiger partial charge in [0.25, 0.3) is 0 Å². The minimum atomic E-state index is -0.439. The Balaban J connectivity index is 1.55. The Kier molecular flexibility index (Phi) is 5.71. The molecule has 1 atom stereocenters. The molecule has 1 aliphatic rings. The van der Waals surface area contributed by atoms with E-state index >= 15 is 0 Å². The molecule has 1 aliphatic heterocycles. The number of halogens is 1. The lowest BCUT2D eigenvalue weighted by molar-refractivity contribution is -0.123. The molecular formula is C20H21ClN2O2. The van der Waals surface area contributed by atoms with Gasteiger partial charge in [0, 0.05) is 23.7 Å². The van der Waals surface area contributed by atoms with Crippen LogP contribution in [0.4, 0.5) is 5.69 Å². The van der Waals surface area contributed by atoms with Crippen molar-refractivity contribution >= 4 is 29.1 Å². The number of carbonyl (C=O) groups is 2. The van der Waals surface area contributed by atoms with Gasteiger partial charge in [-0.15, -0.1) is 0 Å². The maximum atomic E-state index is 12.5. The number of nitrogens with one attached hydrogen (secondary N) is 1. The minimum Gasteiger partial charge on any atom is -0.354 e. The molecule has 1 fully saturated rings. The Morgan fingerprint density at radius 1 is 1.12 bits per heavy atom. The molecular weight excluding hydrogens is 336 g/mol. The summed E-state index contributed by atoms with van der Waals surface area (Å²) in [5.41, 5.74) is 1.98. The minimum absolute atomic E-state index is 0.0215. The summed E-state index contributed by atoms with van der Waals surface area (Å²) >= 11 is 5.91. The number of hydrogen-bond acceptors (Lipinski definition) is 2. The van der Waals surface area contributed by atoms with Crippen LogP contribution in [-0.2, 0) is 16.0 Å². The standard InChI is InChI=1S/C20H21ClN2O2/c21-16-8-10-17(11-9-16)23-18(12-13-19(23)24)20(25)22-14-4-7-15-5-2-1-3-6-15/h1-3,5-6,8-11,18H,4,7,12-14H2,(H,22,25). The van der Waals surface area contributed by atoms with Gasteiger partial charge in [0.2, 0.25) is 11.8 Å². The van der Waals surface area contributed by atoms with Crippen molar-refractivity contribution in [2.75, 3.05) is 11.4 Å². The zero-order chi connectivity index (χ0) is 17.6.